The highest BCUT2D eigenvalue weighted by atomic mass is 19.4. The Hall–Kier alpha value is -2.79. The minimum Gasteiger partial charge on any atom is -0.380 e. The molecule has 1 N–H and O–H groups in total. The first-order chi connectivity index (χ1) is 16.6. The molecule has 0 unspecified atom stereocenters. The molecule has 5 rings (SSSR count). The lowest BCUT2D eigenvalue weighted by Crippen LogP contribution is -2.50. The SMILES string of the molecule is Cc1noc(-c2c(N3CC[C@@H](N[C@H]4CCOC4)C[C@H]3C)nc3c(F)cc(C(F)(F)F)cc3c2C)n1. The van der Waals surface area contributed by atoms with E-state index in [0.29, 0.717) is 54.1 Å². The van der Waals surface area contributed by atoms with Gasteiger partial charge >= 0.3 is 6.18 Å². The molecule has 2 aromatic heterocycles. The van der Waals surface area contributed by atoms with E-state index < -0.39 is 17.6 Å². The summed E-state index contributed by atoms with van der Waals surface area (Å²) in [5, 5.41) is 7.58. The van der Waals surface area contributed by atoms with E-state index in [4.69, 9.17) is 9.26 Å². The maximum absolute atomic E-state index is 15.0. The monoisotopic (exact) mass is 493 g/mol. The average molecular weight is 494 g/mol. The van der Waals surface area contributed by atoms with Crippen molar-refractivity contribution in [2.45, 2.75) is 64.3 Å². The fourth-order valence-electron chi connectivity index (χ4n) is 5.13. The quantitative estimate of drug-likeness (QED) is 0.524. The van der Waals surface area contributed by atoms with Crippen LogP contribution in [-0.2, 0) is 10.9 Å². The maximum atomic E-state index is 15.0. The van der Waals surface area contributed by atoms with Gasteiger partial charge in [-0.15, -0.1) is 0 Å². The summed E-state index contributed by atoms with van der Waals surface area (Å²) in [5.74, 6) is -0.0430. The number of ether oxygens (including phenoxy) is 1. The number of hydrogen-bond donors (Lipinski definition) is 1. The zero-order valence-corrected chi connectivity index (χ0v) is 19.7. The average Bonchev–Trinajstić information content (AvgIpc) is 3.45. The van der Waals surface area contributed by atoms with Crippen LogP contribution in [0.15, 0.2) is 16.7 Å². The standard InChI is InChI=1S/C24H27F4N5O2/c1-12-8-16(30-17-5-7-34-11-17)4-6-33(12)22-20(23-29-14(3)32-35-23)13(2)18-9-15(24(26,27)28)10-19(25)21(18)31-22/h9-10,12,16-17,30H,4-8,11H2,1-3H3/t12-,16-,17+/m1/s1. The van der Waals surface area contributed by atoms with Gasteiger partial charge in [0.1, 0.15) is 17.2 Å². The van der Waals surface area contributed by atoms with E-state index >= 15 is 0 Å². The Labute approximate surface area is 199 Å². The van der Waals surface area contributed by atoms with Gasteiger partial charge in [0.25, 0.3) is 5.89 Å². The molecule has 0 radical (unpaired) electrons. The maximum Gasteiger partial charge on any atom is 0.416 e. The van der Waals surface area contributed by atoms with E-state index in [9.17, 15) is 17.6 Å². The molecule has 35 heavy (non-hydrogen) atoms. The van der Waals surface area contributed by atoms with Gasteiger partial charge in [-0.05, 0) is 57.7 Å². The fourth-order valence-corrected chi connectivity index (χ4v) is 5.13. The number of pyridine rings is 1. The van der Waals surface area contributed by atoms with Crippen LogP contribution in [0.5, 0.6) is 0 Å². The van der Waals surface area contributed by atoms with Crippen LogP contribution in [0, 0.1) is 19.7 Å². The number of benzene rings is 1. The van der Waals surface area contributed by atoms with Crippen molar-refractivity contribution in [2.24, 2.45) is 0 Å². The van der Waals surface area contributed by atoms with E-state index in [2.05, 4.69) is 32.3 Å². The van der Waals surface area contributed by atoms with Crippen LogP contribution in [0.3, 0.4) is 0 Å². The van der Waals surface area contributed by atoms with E-state index in [1.165, 1.54) is 0 Å². The molecule has 3 atom stereocenters. The number of rotatable bonds is 4. The highest BCUT2D eigenvalue weighted by molar-refractivity contribution is 5.93. The molecule has 3 aromatic rings. The lowest BCUT2D eigenvalue weighted by atomic mass is 9.95. The summed E-state index contributed by atoms with van der Waals surface area (Å²) in [5.41, 5.74) is -0.335. The predicted molar refractivity (Wildman–Crippen MR) is 122 cm³/mol. The summed E-state index contributed by atoms with van der Waals surface area (Å²) in [7, 11) is 0. The number of hydrogen-bond acceptors (Lipinski definition) is 7. The molecule has 1 aromatic carbocycles. The molecular formula is C24H27F4N5O2. The van der Waals surface area contributed by atoms with Crippen LogP contribution in [0.1, 0.15) is 43.1 Å². The largest absolute Gasteiger partial charge is 0.416 e. The molecule has 0 aliphatic carbocycles. The first-order valence-electron chi connectivity index (χ1n) is 11.7. The van der Waals surface area contributed by atoms with Gasteiger partial charge in [0, 0.05) is 36.7 Å². The van der Waals surface area contributed by atoms with Crippen molar-refractivity contribution in [3.05, 3.63) is 34.9 Å². The third-order valence-corrected chi connectivity index (χ3v) is 6.90. The molecule has 0 spiro atoms. The lowest BCUT2D eigenvalue weighted by molar-refractivity contribution is -0.137. The van der Waals surface area contributed by atoms with Gasteiger partial charge in [-0.1, -0.05) is 5.16 Å². The third-order valence-electron chi connectivity index (χ3n) is 6.90. The normalized spacial score (nSPS) is 23.4. The molecule has 0 amide bonds. The van der Waals surface area contributed by atoms with Crippen molar-refractivity contribution in [3.63, 3.8) is 0 Å². The molecule has 2 saturated heterocycles. The summed E-state index contributed by atoms with van der Waals surface area (Å²) in [6.07, 6.45) is -2.04. The Bertz CT molecular complexity index is 1240. The van der Waals surface area contributed by atoms with Crippen molar-refractivity contribution >= 4 is 16.7 Å². The Morgan fingerprint density at radius 1 is 1.11 bits per heavy atom. The molecule has 2 aliphatic heterocycles. The molecule has 188 valence electrons. The molecule has 11 heteroatoms. The minimum absolute atomic E-state index is 0.0354. The Balaban J connectivity index is 1.58. The third kappa shape index (κ3) is 4.58. The Morgan fingerprint density at radius 2 is 1.91 bits per heavy atom. The number of alkyl halides is 3. The van der Waals surface area contributed by atoms with Gasteiger partial charge < -0.3 is 19.5 Å². The molecule has 2 fully saturated rings. The highest BCUT2D eigenvalue weighted by Gasteiger charge is 2.35. The van der Waals surface area contributed by atoms with Gasteiger partial charge in [0.15, 0.2) is 5.82 Å². The van der Waals surface area contributed by atoms with Crippen LogP contribution in [0.2, 0.25) is 0 Å². The van der Waals surface area contributed by atoms with Crippen LogP contribution in [0.25, 0.3) is 22.4 Å². The number of halogens is 4. The summed E-state index contributed by atoms with van der Waals surface area (Å²) in [4.78, 5) is 10.9. The first-order valence-corrected chi connectivity index (χ1v) is 11.7. The number of fused-ring (bicyclic) bond motifs is 1. The molecule has 7 nitrogen and oxygen atoms in total. The van der Waals surface area contributed by atoms with Crippen molar-refractivity contribution in [3.8, 4) is 11.5 Å². The van der Waals surface area contributed by atoms with Crippen molar-refractivity contribution in [1.29, 1.82) is 0 Å². The number of aromatic nitrogens is 3. The van der Waals surface area contributed by atoms with E-state index in [-0.39, 0.29) is 22.8 Å². The van der Waals surface area contributed by atoms with Crippen molar-refractivity contribution < 1.29 is 26.8 Å². The van der Waals surface area contributed by atoms with Crippen molar-refractivity contribution in [1.82, 2.24) is 20.4 Å². The molecule has 0 saturated carbocycles. The van der Waals surface area contributed by atoms with Gasteiger partial charge in [0.05, 0.1) is 17.7 Å². The topological polar surface area (TPSA) is 76.3 Å². The van der Waals surface area contributed by atoms with Gasteiger partial charge in [-0.2, -0.15) is 18.2 Å². The predicted octanol–water partition coefficient (Wildman–Crippen LogP) is 4.80. The number of aryl methyl sites for hydroxylation is 2. The summed E-state index contributed by atoms with van der Waals surface area (Å²) < 4.78 is 66.1. The second-order valence-electron chi connectivity index (χ2n) is 9.43. The zero-order chi connectivity index (χ0) is 24.9. The van der Waals surface area contributed by atoms with Crippen LogP contribution >= 0.6 is 0 Å². The second-order valence-corrected chi connectivity index (χ2v) is 9.43. The van der Waals surface area contributed by atoms with Gasteiger partial charge in [-0.25, -0.2) is 9.37 Å². The molecule has 4 heterocycles. The molecular weight excluding hydrogens is 466 g/mol. The lowest BCUT2D eigenvalue weighted by Gasteiger charge is -2.40. The van der Waals surface area contributed by atoms with Crippen LogP contribution < -0.4 is 10.2 Å². The van der Waals surface area contributed by atoms with E-state index in [0.717, 1.165) is 31.9 Å². The number of nitrogens with one attached hydrogen (secondary N) is 1. The summed E-state index contributed by atoms with van der Waals surface area (Å²) in [6, 6.07) is 2.11. The van der Waals surface area contributed by atoms with Gasteiger partial charge in [0.2, 0.25) is 0 Å². The Morgan fingerprint density at radius 3 is 2.54 bits per heavy atom. The molecule has 0 bridgehead atoms. The van der Waals surface area contributed by atoms with Crippen molar-refractivity contribution in [2.75, 3.05) is 24.7 Å². The first kappa shape index (κ1) is 23.9. The number of anilines is 1. The highest BCUT2D eigenvalue weighted by Crippen LogP contribution is 2.41. The Kier molecular flexibility index (Phi) is 6.16. The smallest absolute Gasteiger partial charge is 0.380 e. The second kappa shape index (κ2) is 9.02. The van der Waals surface area contributed by atoms with E-state index in [1.54, 1.807) is 13.8 Å². The van der Waals surface area contributed by atoms with Gasteiger partial charge in [-0.3, -0.25) is 0 Å². The summed E-state index contributed by atoms with van der Waals surface area (Å²) >= 11 is 0. The number of piperidine rings is 1. The van der Waals surface area contributed by atoms with Crippen LogP contribution in [-0.4, -0.2) is 53.0 Å². The minimum atomic E-state index is -4.69. The summed E-state index contributed by atoms with van der Waals surface area (Å²) in [6.45, 7) is 7.46. The zero-order valence-electron chi connectivity index (χ0n) is 19.7. The van der Waals surface area contributed by atoms with E-state index in [1.807, 2.05) is 0 Å². The fraction of sp³-hybridized carbons (Fsp3) is 0.542. The number of nitrogens with zero attached hydrogens (tertiary/aromatic N) is 4. The van der Waals surface area contributed by atoms with Crippen LogP contribution in [0.4, 0.5) is 23.4 Å². The molecule has 2 aliphatic rings.